The second kappa shape index (κ2) is 42.8. The molecule has 0 atom stereocenters. The molecule has 408 valence electrons. The van der Waals surface area contributed by atoms with Crippen LogP contribution in [0.2, 0.25) is 18.1 Å². The maximum Gasteiger partial charge on any atom is 0.210 e. The topological polar surface area (TPSA) is 65.8 Å². The first-order valence-corrected chi connectivity index (χ1v) is 32.6. The summed E-state index contributed by atoms with van der Waals surface area (Å²) >= 11 is 0. The van der Waals surface area contributed by atoms with Gasteiger partial charge in [0, 0.05) is 39.3 Å². The molecule has 73 heavy (non-hydrogen) atoms. The Hall–Kier alpha value is -3.41. The molecule has 1 aliphatic rings. The van der Waals surface area contributed by atoms with Gasteiger partial charge in [0.1, 0.15) is 0 Å². The van der Waals surface area contributed by atoms with E-state index in [1.54, 1.807) is 0 Å². The fraction of sp³-hybridized carbons (Fsp3) is 0.582. The van der Waals surface area contributed by atoms with Gasteiger partial charge in [0.25, 0.3) is 0 Å². The van der Waals surface area contributed by atoms with Crippen LogP contribution in [-0.2, 0) is 42.2 Å². The standard InChI is InChI=1S/C53H88N2Si.2C7H8O.Ni/c1-6-11-13-14-15-16-17-18-19-20-21-22-23-24-25-26-27-28-29-30-31-32-34-36-51-45-52(49-41-39-48(40-42-49)46-56(8-3,9-4)10-5)55(54)53(51)50-43-37-47(38-44-50)35-33-12-7-2;2*8-6-7-4-2-1-3-5-7;/h37-45H,6-36,46H2,1-5H3;2*1-5,8H,6H2;. The Kier molecular flexibility index (Phi) is 38.5. The summed E-state index contributed by atoms with van der Waals surface area (Å²) in [4.78, 5) is 0. The molecule has 2 N–H and O–H groups in total. The fourth-order valence-electron chi connectivity index (χ4n) is 10.3. The predicted octanol–water partition coefficient (Wildman–Crippen LogP) is 20.5. The van der Waals surface area contributed by atoms with Crippen LogP contribution in [0.4, 0.5) is 0 Å². The van der Waals surface area contributed by atoms with Gasteiger partial charge in [0.15, 0.2) is 0 Å². The zero-order chi connectivity index (χ0) is 51.8. The van der Waals surface area contributed by atoms with Crippen molar-refractivity contribution in [2.45, 2.75) is 252 Å². The Balaban J connectivity index is 0.000000902. The summed E-state index contributed by atoms with van der Waals surface area (Å²) in [6.45, 7) is 12.0. The zero-order valence-electron chi connectivity index (χ0n) is 47.1. The predicted molar refractivity (Wildman–Crippen MR) is 317 cm³/mol. The van der Waals surface area contributed by atoms with E-state index in [-0.39, 0.29) is 29.7 Å². The molecule has 1 heterocycles. The number of nitrogens with zero attached hydrogens (tertiary/aromatic N) is 2. The summed E-state index contributed by atoms with van der Waals surface area (Å²) in [6, 6.07) is 42.6. The third-order valence-electron chi connectivity index (χ3n) is 15.5. The SMILES string of the molecule is CCCCCCCCCCCCCCCCCCCCCCCCCC1=C(c2ccc(CCCCC)cc2)[N+](=[N-])C(c2ccc(C[Si](CC)(CC)CC)cc2)=C1.OCc1ccccc1.OCc1ccccc1.[Ni]. The molecule has 0 saturated carbocycles. The minimum absolute atomic E-state index is 0. The van der Waals surface area contributed by atoms with Gasteiger partial charge in [-0.05, 0) is 72.7 Å². The molecule has 0 saturated heterocycles. The van der Waals surface area contributed by atoms with Crippen molar-refractivity contribution >= 4 is 19.5 Å². The first-order valence-electron chi connectivity index (χ1n) is 29.8. The van der Waals surface area contributed by atoms with Crippen LogP contribution in [0.1, 0.15) is 241 Å². The van der Waals surface area contributed by atoms with Crippen molar-refractivity contribution in [2.24, 2.45) is 0 Å². The van der Waals surface area contributed by atoms with Gasteiger partial charge in [0.2, 0.25) is 11.4 Å². The van der Waals surface area contributed by atoms with E-state index in [4.69, 9.17) is 10.2 Å². The van der Waals surface area contributed by atoms with Crippen LogP contribution in [0.15, 0.2) is 121 Å². The molecule has 6 heteroatoms. The number of hydrogen-bond donors (Lipinski definition) is 2. The van der Waals surface area contributed by atoms with Crippen LogP contribution < -0.4 is 0 Å². The summed E-state index contributed by atoms with van der Waals surface area (Å²) in [5, 5.41) is 17.1. The number of aliphatic hydroxyl groups excluding tert-OH is 2. The molecule has 0 bridgehead atoms. The summed E-state index contributed by atoms with van der Waals surface area (Å²) < 4.78 is 1.50. The largest absolute Gasteiger partial charge is 0.493 e. The second-order valence-corrected chi connectivity index (χ2v) is 26.6. The Morgan fingerprint density at radius 1 is 0.384 bits per heavy atom. The van der Waals surface area contributed by atoms with E-state index < -0.39 is 8.07 Å². The molecule has 5 rings (SSSR count). The Labute approximate surface area is 459 Å². The Morgan fingerprint density at radius 3 is 1.10 bits per heavy atom. The van der Waals surface area contributed by atoms with Crippen LogP contribution in [0, 0.1) is 0 Å². The number of benzene rings is 4. The molecule has 0 amide bonds. The van der Waals surface area contributed by atoms with E-state index >= 15 is 0 Å². The van der Waals surface area contributed by atoms with Crippen molar-refractivity contribution < 1.29 is 31.4 Å². The number of aryl methyl sites for hydroxylation is 1. The number of unbranched alkanes of at least 4 members (excludes halogenated alkanes) is 24. The molecule has 4 aromatic rings. The molecule has 1 aliphatic heterocycles. The minimum Gasteiger partial charge on any atom is -0.493 e. The van der Waals surface area contributed by atoms with Gasteiger partial charge in [-0.2, -0.15) is 0 Å². The second-order valence-electron chi connectivity index (χ2n) is 21.1. The molecule has 0 radical (unpaired) electrons. The molecule has 0 aromatic heterocycles. The van der Waals surface area contributed by atoms with Crippen molar-refractivity contribution in [3.8, 4) is 0 Å². The number of rotatable bonds is 37. The average molecular weight is 1060 g/mol. The van der Waals surface area contributed by atoms with Gasteiger partial charge < -0.3 is 15.7 Å². The first kappa shape index (κ1) is 65.7. The van der Waals surface area contributed by atoms with Crippen molar-refractivity contribution in [1.82, 2.24) is 0 Å². The average Bonchev–Trinajstić information content (AvgIpc) is 3.76. The van der Waals surface area contributed by atoms with E-state index in [9.17, 15) is 5.53 Å². The van der Waals surface area contributed by atoms with Gasteiger partial charge in [-0.3, -0.25) is 0 Å². The Morgan fingerprint density at radius 2 is 0.726 bits per heavy atom. The zero-order valence-corrected chi connectivity index (χ0v) is 49.1. The van der Waals surface area contributed by atoms with Crippen LogP contribution in [0.5, 0.6) is 0 Å². The summed E-state index contributed by atoms with van der Waals surface area (Å²) in [5.41, 5.74) is 22.0. The maximum absolute atomic E-state index is 11.7. The third kappa shape index (κ3) is 27.8. The van der Waals surface area contributed by atoms with Gasteiger partial charge in [0.05, 0.1) is 21.3 Å². The molecular weight excluding hydrogens is 952 g/mol. The van der Waals surface area contributed by atoms with Crippen LogP contribution in [0.25, 0.3) is 16.9 Å². The van der Waals surface area contributed by atoms with Gasteiger partial charge in [-0.25, -0.2) is 4.70 Å². The quantitative estimate of drug-likeness (QED) is 0.0268. The Bertz CT molecular complexity index is 1950. The minimum atomic E-state index is -1.23. The van der Waals surface area contributed by atoms with Crippen LogP contribution in [0.3, 0.4) is 0 Å². The van der Waals surface area contributed by atoms with E-state index in [1.807, 2.05) is 60.7 Å². The number of hydrogen-bond acceptors (Lipinski definition) is 2. The molecular formula is C67H104N2NiO2Si. The molecule has 4 nitrogen and oxygen atoms in total. The van der Waals surface area contributed by atoms with Crippen molar-refractivity contribution in [2.75, 3.05) is 0 Å². The van der Waals surface area contributed by atoms with Crippen molar-refractivity contribution in [3.05, 3.63) is 160 Å². The van der Waals surface area contributed by atoms with E-state index in [2.05, 4.69) is 89.2 Å². The van der Waals surface area contributed by atoms with E-state index in [1.165, 1.54) is 213 Å². The number of allylic oxidation sites excluding steroid dienone is 2. The molecule has 0 fully saturated rings. The molecule has 4 aromatic carbocycles. The first-order chi connectivity index (χ1) is 35.4. The van der Waals surface area contributed by atoms with Crippen LogP contribution in [-0.4, -0.2) is 23.0 Å². The molecule has 0 unspecified atom stereocenters. The fourth-order valence-corrected chi connectivity index (χ4v) is 13.6. The van der Waals surface area contributed by atoms with E-state index in [0.717, 1.165) is 46.5 Å². The summed E-state index contributed by atoms with van der Waals surface area (Å²) in [5.74, 6) is 0. The summed E-state index contributed by atoms with van der Waals surface area (Å²) in [6.07, 6.45) is 40.8. The third-order valence-corrected chi connectivity index (χ3v) is 21.2. The van der Waals surface area contributed by atoms with Crippen molar-refractivity contribution in [1.29, 1.82) is 0 Å². The monoisotopic (exact) mass is 1050 g/mol. The summed E-state index contributed by atoms with van der Waals surface area (Å²) in [7, 11) is -1.23. The van der Waals surface area contributed by atoms with Gasteiger partial charge in [-0.15, -0.1) is 0 Å². The van der Waals surface area contributed by atoms with Crippen molar-refractivity contribution in [3.63, 3.8) is 0 Å². The smallest absolute Gasteiger partial charge is 0.210 e. The maximum atomic E-state index is 11.7. The molecule has 0 aliphatic carbocycles. The van der Waals surface area contributed by atoms with Crippen LogP contribution >= 0.6 is 0 Å². The van der Waals surface area contributed by atoms with Gasteiger partial charge >= 0.3 is 0 Å². The van der Waals surface area contributed by atoms with Gasteiger partial charge in [-0.1, -0.05) is 297 Å². The van der Waals surface area contributed by atoms with E-state index in [0.29, 0.717) is 0 Å². The molecule has 0 spiro atoms. The number of aliphatic hydroxyl groups is 2. The normalized spacial score (nSPS) is 12.2.